The molecule has 0 amide bonds. The summed E-state index contributed by atoms with van der Waals surface area (Å²) in [4.78, 5) is 11.9. The van der Waals surface area contributed by atoms with Gasteiger partial charge in [-0.25, -0.2) is 0 Å². The first-order valence-corrected chi connectivity index (χ1v) is 5.64. The average molecular weight is 220 g/mol. The Bertz CT molecular complexity index is 343. The molecule has 1 aliphatic heterocycles. The van der Waals surface area contributed by atoms with Gasteiger partial charge in [-0.2, -0.15) is 0 Å². The first-order valence-electron chi connectivity index (χ1n) is 5.64. The molecule has 1 aliphatic rings. The van der Waals surface area contributed by atoms with Crippen molar-refractivity contribution in [3.63, 3.8) is 0 Å². The first kappa shape index (κ1) is 11.1. The summed E-state index contributed by atoms with van der Waals surface area (Å²) in [7, 11) is 0. The fraction of sp³-hybridized carbons (Fsp3) is 0.462. The Balaban J connectivity index is 2.01. The lowest BCUT2D eigenvalue weighted by Crippen LogP contribution is -2.39. The Hall–Kier alpha value is -1.35. The molecule has 1 aromatic carbocycles. The van der Waals surface area contributed by atoms with Crippen LogP contribution in [0.5, 0.6) is 0 Å². The quantitative estimate of drug-likeness (QED) is 0.729. The van der Waals surface area contributed by atoms with E-state index in [0.29, 0.717) is 13.2 Å². The van der Waals surface area contributed by atoms with E-state index in [1.807, 2.05) is 37.3 Å². The third-order valence-corrected chi connectivity index (χ3v) is 2.79. The summed E-state index contributed by atoms with van der Waals surface area (Å²) in [5, 5.41) is 0. The molecule has 1 fully saturated rings. The van der Waals surface area contributed by atoms with Crippen molar-refractivity contribution in [3.05, 3.63) is 35.9 Å². The van der Waals surface area contributed by atoms with E-state index < -0.39 is 0 Å². The summed E-state index contributed by atoms with van der Waals surface area (Å²) < 4.78 is 10.3. The van der Waals surface area contributed by atoms with E-state index in [2.05, 4.69) is 0 Å². The number of benzene rings is 1. The predicted octanol–water partition coefficient (Wildman–Crippen LogP) is 2.12. The van der Waals surface area contributed by atoms with E-state index in [1.165, 1.54) is 0 Å². The van der Waals surface area contributed by atoms with Gasteiger partial charge in [-0.3, -0.25) is 4.79 Å². The van der Waals surface area contributed by atoms with Gasteiger partial charge in [-0.05, 0) is 12.0 Å². The van der Waals surface area contributed by atoms with E-state index in [4.69, 9.17) is 9.47 Å². The molecule has 1 aromatic rings. The molecule has 0 radical (unpaired) electrons. The van der Waals surface area contributed by atoms with E-state index in [0.717, 1.165) is 12.0 Å². The number of hydrogen-bond donors (Lipinski definition) is 0. The average Bonchev–Trinajstić information content (AvgIpc) is 2.26. The topological polar surface area (TPSA) is 35.5 Å². The smallest absolute Gasteiger partial charge is 0.313 e. The summed E-state index contributed by atoms with van der Waals surface area (Å²) in [6.07, 6.45) is 0.724. The fourth-order valence-corrected chi connectivity index (χ4v) is 1.75. The van der Waals surface area contributed by atoms with E-state index in [9.17, 15) is 4.79 Å². The van der Waals surface area contributed by atoms with Crippen LogP contribution in [0.2, 0.25) is 0 Å². The van der Waals surface area contributed by atoms with Crippen LogP contribution in [0, 0.1) is 0 Å². The highest BCUT2D eigenvalue weighted by molar-refractivity contribution is 5.78. The zero-order valence-corrected chi connectivity index (χ0v) is 9.39. The van der Waals surface area contributed by atoms with Gasteiger partial charge in [0, 0.05) is 0 Å². The van der Waals surface area contributed by atoms with Crippen molar-refractivity contribution in [2.24, 2.45) is 0 Å². The number of carbonyl (C=O) groups is 1. The summed E-state index contributed by atoms with van der Waals surface area (Å²) in [5.74, 6) is -0.288. The molecule has 1 heterocycles. The highest BCUT2D eigenvalue weighted by Gasteiger charge is 2.27. The Morgan fingerprint density at radius 2 is 2.12 bits per heavy atom. The Morgan fingerprint density at radius 1 is 1.44 bits per heavy atom. The van der Waals surface area contributed by atoms with Crippen LogP contribution in [0.1, 0.15) is 24.8 Å². The van der Waals surface area contributed by atoms with E-state index >= 15 is 0 Å². The minimum absolute atomic E-state index is 0.0368. The molecule has 0 unspecified atom stereocenters. The molecular formula is C13H16O3. The van der Waals surface area contributed by atoms with Gasteiger partial charge in [0.05, 0.1) is 19.1 Å². The summed E-state index contributed by atoms with van der Waals surface area (Å²) >= 11 is 0. The molecule has 1 atom stereocenters. The number of ether oxygens (including phenoxy) is 2. The number of hydrogen-bond acceptors (Lipinski definition) is 3. The molecular weight excluding hydrogens is 204 g/mol. The van der Waals surface area contributed by atoms with Gasteiger partial charge in [-0.1, -0.05) is 37.3 Å². The van der Waals surface area contributed by atoms with Crippen molar-refractivity contribution in [1.82, 2.24) is 0 Å². The molecule has 0 saturated carbocycles. The van der Waals surface area contributed by atoms with Crippen LogP contribution < -0.4 is 0 Å². The zero-order chi connectivity index (χ0) is 11.4. The van der Waals surface area contributed by atoms with Crippen molar-refractivity contribution in [1.29, 1.82) is 0 Å². The van der Waals surface area contributed by atoms with Crippen LogP contribution in [0.25, 0.3) is 0 Å². The van der Waals surface area contributed by atoms with Crippen molar-refractivity contribution in [2.45, 2.75) is 25.4 Å². The minimum atomic E-state index is -0.151. The third kappa shape index (κ3) is 2.42. The van der Waals surface area contributed by atoms with Crippen LogP contribution in [-0.2, 0) is 14.3 Å². The Kier molecular flexibility index (Phi) is 3.57. The van der Waals surface area contributed by atoms with Crippen LogP contribution in [0.15, 0.2) is 30.3 Å². The Labute approximate surface area is 95.4 Å². The second-order valence-electron chi connectivity index (χ2n) is 3.97. The molecule has 1 saturated heterocycles. The van der Waals surface area contributed by atoms with E-state index in [-0.39, 0.29) is 18.0 Å². The second kappa shape index (κ2) is 5.12. The van der Waals surface area contributed by atoms with Gasteiger partial charge in [0.15, 0.2) is 0 Å². The zero-order valence-electron chi connectivity index (χ0n) is 9.39. The lowest BCUT2D eigenvalue weighted by molar-refractivity contribution is -0.173. The highest BCUT2D eigenvalue weighted by Crippen LogP contribution is 2.22. The lowest BCUT2D eigenvalue weighted by atomic mass is 9.97. The van der Waals surface area contributed by atoms with Gasteiger partial charge >= 0.3 is 5.97 Å². The fourth-order valence-electron chi connectivity index (χ4n) is 1.75. The van der Waals surface area contributed by atoms with Crippen molar-refractivity contribution in [3.8, 4) is 0 Å². The third-order valence-electron chi connectivity index (χ3n) is 2.79. The predicted molar refractivity (Wildman–Crippen MR) is 60.2 cm³/mol. The molecule has 0 aliphatic carbocycles. The second-order valence-corrected chi connectivity index (χ2v) is 3.97. The van der Waals surface area contributed by atoms with Gasteiger partial charge < -0.3 is 9.47 Å². The molecule has 0 bridgehead atoms. The highest BCUT2D eigenvalue weighted by atomic mass is 16.6. The summed E-state index contributed by atoms with van der Waals surface area (Å²) in [6, 6.07) is 9.76. The largest absolute Gasteiger partial charge is 0.457 e. The summed E-state index contributed by atoms with van der Waals surface area (Å²) in [5.41, 5.74) is 1.02. The molecule has 0 aromatic heterocycles. The molecule has 0 N–H and O–H groups in total. The summed E-state index contributed by atoms with van der Waals surface area (Å²) in [6.45, 7) is 3.07. The van der Waals surface area contributed by atoms with Crippen molar-refractivity contribution >= 4 is 5.97 Å². The van der Waals surface area contributed by atoms with Crippen LogP contribution in [0.4, 0.5) is 0 Å². The van der Waals surface area contributed by atoms with Gasteiger partial charge in [0.1, 0.15) is 6.10 Å². The minimum Gasteiger partial charge on any atom is -0.457 e. The SMILES string of the molecule is CC[C@@H](C(=O)OC1COC1)c1ccccc1. The molecule has 3 nitrogen and oxygen atoms in total. The molecule has 86 valence electrons. The van der Waals surface area contributed by atoms with E-state index in [1.54, 1.807) is 0 Å². The monoisotopic (exact) mass is 220 g/mol. The maximum absolute atomic E-state index is 11.9. The number of esters is 1. The van der Waals surface area contributed by atoms with Crippen LogP contribution in [0.3, 0.4) is 0 Å². The molecule has 16 heavy (non-hydrogen) atoms. The lowest BCUT2D eigenvalue weighted by Gasteiger charge is -2.27. The first-order chi connectivity index (χ1) is 7.81. The van der Waals surface area contributed by atoms with Gasteiger partial charge in [0.25, 0.3) is 0 Å². The number of rotatable bonds is 4. The molecule has 0 spiro atoms. The van der Waals surface area contributed by atoms with Crippen molar-refractivity contribution in [2.75, 3.05) is 13.2 Å². The standard InChI is InChI=1S/C13H16O3/c1-2-12(10-6-4-3-5-7-10)13(14)16-11-8-15-9-11/h3-7,11-12H,2,8-9H2,1H3/t12-/m1/s1. The van der Waals surface area contributed by atoms with Gasteiger partial charge in [-0.15, -0.1) is 0 Å². The number of carbonyl (C=O) groups excluding carboxylic acids is 1. The maximum atomic E-state index is 11.9. The van der Waals surface area contributed by atoms with Gasteiger partial charge in [0.2, 0.25) is 0 Å². The van der Waals surface area contributed by atoms with Crippen LogP contribution in [-0.4, -0.2) is 25.3 Å². The molecule has 2 rings (SSSR count). The molecule has 3 heteroatoms. The van der Waals surface area contributed by atoms with Crippen LogP contribution >= 0.6 is 0 Å². The maximum Gasteiger partial charge on any atom is 0.313 e. The normalized spacial score (nSPS) is 17.6. The van der Waals surface area contributed by atoms with Crippen molar-refractivity contribution < 1.29 is 14.3 Å². The Morgan fingerprint density at radius 3 is 2.62 bits per heavy atom.